The first-order chi connectivity index (χ1) is 13.5. The summed E-state index contributed by atoms with van der Waals surface area (Å²) in [5.74, 6) is -0.318. The summed E-state index contributed by atoms with van der Waals surface area (Å²) in [6.45, 7) is 2.62. The Hall–Kier alpha value is -3.13. The summed E-state index contributed by atoms with van der Waals surface area (Å²) in [5, 5.41) is 2.17. The Bertz CT molecular complexity index is 1010. The Morgan fingerprint density at radius 1 is 1.14 bits per heavy atom. The topological polar surface area (TPSA) is 107 Å². The van der Waals surface area contributed by atoms with Gasteiger partial charge in [0.05, 0.1) is 23.4 Å². The highest BCUT2D eigenvalue weighted by atomic mass is 16.5. The molecule has 1 fully saturated rings. The highest BCUT2D eigenvalue weighted by Gasteiger charge is 2.32. The van der Waals surface area contributed by atoms with E-state index in [0.29, 0.717) is 24.0 Å². The number of carbonyl (C=O) groups is 2. The van der Waals surface area contributed by atoms with E-state index < -0.39 is 17.4 Å². The van der Waals surface area contributed by atoms with Crippen LogP contribution in [-0.2, 0) is 0 Å². The van der Waals surface area contributed by atoms with E-state index in [4.69, 9.17) is 10.5 Å². The first-order valence-electron chi connectivity index (χ1n) is 9.27. The molecule has 28 heavy (non-hydrogen) atoms. The molecule has 2 aliphatic heterocycles. The second-order valence-corrected chi connectivity index (χ2v) is 7.30. The molecular weight excluding hydrogens is 360 g/mol. The van der Waals surface area contributed by atoms with Crippen LogP contribution in [0.1, 0.15) is 33.6 Å². The minimum absolute atomic E-state index is 0.00785. The number of nitrogen functional groups attached to an aromatic ring is 1. The minimum Gasteiger partial charge on any atom is -0.491 e. The maximum Gasteiger partial charge on any atom is 0.262 e. The van der Waals surface area contributed by atoms with Crippen molar-refractivity contribution in [3.63, 3.8) is 0 Å². The van der Waals surface area contributed by atoms with Crippen molar-refractivity contribution in [2.75, 3.05) is 32.5 Å². The van der Waals surface area contributed by atoms with Crippen LogP contribution in [0.3, 0.4) is 0 Å². The fraction of sp³-hybridized carbons (Fsp3) is 0.350. The van der Waals surface area contributed by atoms with Gasteiger partial charge in [-0.25, -0.2) is 0 Å². The molecule has 0 unspecified atom stereocenters. The lowest BCUT2D eigenvalue weighted by atomic mass is 9.98. The SMILES string of the molecule is CN1CCC(COc2ccccc2-n2c(N)c3c(cc2=O)C(=O)NC3=O)CC1. The van der Waals surface area contributed by atoms with Gasteiger partial charge in [-0.1, -0.05) is 12.1 Å². The number of piperidine rings is 1. The van der Waals surface area contributed by atoms with Gasteiger partial charge in [-0.05, 0) is 51.0 Å². The molecular formula is C20H22N4O4. The van der Waals surface area contributed by atoms with E-state index in [1.807, 2.05) is 6.07 Å². The van der Waals surface area contributed by atoms with Crippen LogP contribution in [0.5, 0.6) is 5.75 Å². The number of imide groups is 1. The van der Waals surface area contributed by atoms with E-state index in [1.165, 1.54) is 4.57 Å². The molecule has 2 amide bonds. The molecule has 0 spiro atoms. The number of rotatable bonds is 4. The predicted octanol–water partition coefficient (Wildman–Crippen LogP) is 1.02. The Balaban J connectivity index is 1.68. The van der Waals surface area contributed by atoms with Crippen molar-refractivity contribution in [2.24, 2.45) is 5.92 Å². The van der Waals surface area contributed by atoms with Crippen LogP contribution in [-0.4, -0.2) is 48.0 Å². The molecule has 2 aliphatic rings. The molecule has 146 valence electrons. The van der Waals surface area contributed by atoms with E-state index in [0.717, 1.165) is 32.0 Å². The molecule has 3 N–H and O–H groups in total. The maximum absolute atomic E-state index is 12.7. The third-order valence-electron chi connectivity index (χ3n) is 5.37. The molecule has 1 aromatic heterocycles. The van der Waals surface area contributed by atoms with Crippen molar-refractivity contribution in [3.05, 3.63) is 51.8 Å². The number of benzene rings is 1. The molecule has 0 atom stereocenters. The number of likely N-dealkylation sites (tertiary alicyclic amines) is 1. The number of hydrogen-bond donors (Lipinski definition) is 2. The predicted molar refractivity (Wildman–Crippen MR) is 104 cm³/mol. The lowest BCUT2D eigenvalue weighted by molar-refractivity contribution is 0.0880. The number of anilines is 1. The first-order valence-corrected chi connectivity index (χ1v) is 9.27. The quantitative estimate of drug-likeness (QED) is 0.765. The summed E-state index contributed by atoms with van der Waals surface area (Å²) in [4.78, 5) is 38.9. The molecule has 1 aromatic carbocycles. The Morgan fingerprint density at radius 3 is 2.61 bits per heavy atom. The average Bonchev–Trinajstić information content (AvgIpc) is 2.96. The molecule has 2 aromatic rings. The molecule has 0 saturated carbocycles. The van der Waals surface area contributed by atoms with Gasteiger partial charge in [0, 0.05) is 6.07 Å². The standard InChI is InChI=1S/C20H22N4O4/c1-23-8-6-12(7-9-23)11-28-15-5-3-2-4-14(15)24-16(25)10-13-17(18(24)21)20(27)22-19(13)26/h2-5,10,12H,6-9,11,21H2,1H3,(H,22,26,27). The Morgan fingerprint density at radius 2 is 1.86 bits per heavy atom. The van der Waals surface area contributed by atoms with Crippen molar-refractivity contribution >= 4 is 17.6 Å². The van der Waals surface area contributed by atoms with Crippen LogP contribution in [0.25, 0.3) is 5.69 Å². The number of hydrogen-bond acceptors (Lipinski definition) is 6. The van der Waals surface area contributed by atoms with E-state index >= 15 is 0 Å². The third kappa shape index (κ3) is 3.16. The van der Waals surface area contributed by atoms with Gasteiger partial charge in [0.25, 0.3) is 17.4 Å². The van der Waals surface area contributed by atoms with Crippen LogP contribution in [0, 0.1) is 5.92 Å². The molecule has 8 nitrogen and oxygen atoms in total. The zero-order valence-corrected chi connectivity index (χ0v) is 15.6. The van der Waals surface area contributed by atoms with Gasteiger partial charge in [-0.3, -0.25) is 24.3 Å². The summed E-state index contributed by atoms with van der Waals surface area (Å²) in [6, 6.07) is 8.21. The third-order valence-corrected chi connectivity index (χ3v) is 5.37. The summed E-state index contributed by atoms with van der Waals surface area (Å²) in [5.41, 5.74) is 6.13. The molecule has 8 heteroatoms. The monoisotopic (exact) mass is 382 g/mol. The normalized spacial score (nSPS) is 17.5. The summed E-state index contributed by atoms with van der Waals surface area (Å²) >= 11 is 0. The van der Waals surface area contributed by atoms with Crippen LogP contribution < -0.4 is 21.3 Å². The number of ether oxygens (including phenoxy) is 1. The van der Waals surface area contributed by atoms with Gasteiger partial charge in [-0.15, -0.1) is 0 Å². The lowest BCUT2D eigenvalue weighted by Gasteiger charge is -2.29. The van der Waals surface area contributed by atoms with Gasteiger partial charge < -0.3 is 15.4 Å². The second kappa shape index (κ2) is 7.12. The van der Waals surface area contributed by atoms with Gasteiger partial charge >= 0.3 is 0 Å². The highest BCUT2D eigenvalue weighted by molar-refractivity contribution is 6.23. The fourth-order valence-electron chi connectivity index (χ4n) is 3.73. The number of nitrogens with zero attached hydrogens (tertiary/aromatic N) is 2. The van der Waals surface area contributed by atoms with Gasteiger partial charge in [-0.2, -0.15) is 0 Å². The average molecular weight is 382 g/mol. The van der Waals surface area contributed by atoms with Gasteiger partial charge in [0.1, 0.15) is 11.6 Å². The number of nitrogens with one attached hydrogen (secondary N) is 1. The highest BCUT2D eigenvalue weighted by Crippen LogP contribution is 2.28. The van der Waals surface area contributed by atoms with E-state index in [-0.39, 0.29) is 16.9 Å². The van der Waals surface area contributed by atoms with Crippen molar-refractivity contribution in [1.29, 1.82) is 0 Å². The lowest BCUT2D eigenvalue weighted by Crippen LogP contribution is -2.32. The Labute approximate surface area is 161 Å². The van der Waals surface area contributed by atoms with Crippen molar-refractivity contribution in [2.45, 2.75) is 12.8 Å². The number of aromatic nitrogens is 1. The second-order valence-electron chi connectivity index (χ2n) is 7.30. The zero-order valence-electron chi connectivity index (χ0n) is 15.6. The largest absolute Gasteiger partial charge is 0.491 e. The summed E-state index contributed by atoms with van der Waals surface area (Å²) < 4.78 is 7.27. The molecule has 0 bridgehead atoms. The molecule has 4 rings (SSSR count). The van der Waals surface area contributed by atoms with Gasteiger partial charge in [0.15, 0.2) is 0 Å². The van der Waals surface area contributed by atoms with Crippen LogP contribution >= 0.6 is 0 Å². The number of amides is 2. The number of para-hydroxylation sites is 2. The van der Waals surface area contributed by atoms with Crippen molar-refractivity contribution in [1.82, 2.24) is 14.8 Å². The summed E-state index contributed by atoms with van der Waals surface area (Å²) in [6.07, 6.45) is 2.11. The first kappa shape index (κ1) is 18.2. The number of nitrogens with two attached hydrogens (primary N) is 1. The summed E-state index contributed by atoms with van der Waals surface area (Å²) in [7, 11) is 2.11. The zero-order chi connectivity index (χ0) is 19.8. The fourth-order valence-corrected chi connectivity index (χ4v) is 3.73. The van der Waals surface area contributed by atoms with E-state index in [9.17, 15) is 14.4 Å². The van der Waals surface area contributed by atoms with Crippen molar-refractivity contribution < 1.29 is 14.3 Å². The maximum atomic E-state index is 12.7. The molecule has 0 radical (unpaired) electrons. The van der Waals surface area contributed by atoms with Gasteiger partial charge in [0.2, 0.25) is 0 Å². The van der Waals surface area contributed by atoms with Crippen LogP contribution in [0.15, 0.2) is 35.1 Å². The molecule has 1 saturated heterocycles. The number of pyridine rings is 1. The van der Waals surface area contributed by atoms with Crippen LogP contribution in [0.2, 0.25) is 0 Å². The van der Waals surface area contributed by atoms with Crippen molar-refractivity contribution in [3.8, 4) is 11.4 Å². The molecule has 0 aliphatic carbocycles. The number of fused-ring (bicyclic) bond motifs is 1. The smallest absolute Gasteiger partial charge is 0.262 e. The van der Waals surface area contributed by atoms with E-state index in [2.05, 4.69) is 17.3 Å². The number of carbonyl (C=O) groups excluding carboxylic acids is 2. The van der Waals surface area contributed by atoms with Crippen LogP contribution in [0.4, 0.5) is 5.82 Å². The molecule has 3 heterocycles. The Kier molecular flexibility index (Phi) is 4.64. The minimum atomic E-state index is -0.609. The van der Waals surface area contributed by atoms with E-state index in [1.54, 1.807) is 18.2 Å².